The Hall–Kier alpha value is -8.18. The van der Waals surface area contributed by atoms with Crippen LogP contribution >= 0.6 is 46.1 Å². The Morgan fingerprint density at radius 2 is 0.881 bits per heavy atom. The molecule has 0 aliphatic heterocycles. The van der Waals surface area contributed by atoms with Crippen molar-refractivity contribution in [3.05, 3.63) is 278 Å². The van der Waals surface area contributed by atoms with Gasteiger partial charge in [-0.3, -0.25) is 19.9 Å². The van der Waals surface area contributed by atoms with Crippen LogP contribution in [0.5, 0.6) is 0 Å². The fourth-order valence-electron chi connectivity index (χ4n) is 10.6. The minimum absolute atomic E-state index is 0.0298. The highest BCUT2D eigenvalue weighted by Gasteiger charge is 2.22. The molecule has 0 aliphatic rings. The lowest BCUT2D eigenvalue weighted by molar-refractivity contribution is 0.571. The minimum Gasteiger partial charge on any atom is -0.307 e. The Kier molecular flexibility index (Phi) is 24.9. The lowest BCUT2D eigenvalue weighted by Gasteiger charge is -2.20. The standard InChI is InChI=1S/C14H16ClN.2C13H14ClN.C13H14FN.C13H15N.C12H14S.C11H14N2/c1-9-5-6-12-10(7-9)8-11(13(15)16-12)14(2,3)4;1-13(2,3)12-7-4-9-8-10(14)5-6-11(9)15-12;1-13(2,3)11-8-7-9-5-4-6-10(14)12(9)15-11;1-13(2,3)12-7-4-9-8-10(14)5-6-11(9)15-12;1-13(2,3)12-9-8-10-6-4-5-7-11(10)14-12;1-12(2,3)10-4-5-11-9(8-10)6-7-13-11;1-11(2,3)9-4-5-10-12-6-7-13(10)8-9/h5-8H,1-4H3;3*4-8H,1-3H3;4-9H,1-3H3;2*4-8H,1-3H3. The Balaban J connectivity index is 0.000000150. The number of nitrogens with zero attached hydrogens (tertiary/aromatic N) is 7. The first-order valence-corrected chi connectivity index (χ1v) is 36.6. The fourth-order valence-corrected chi connectivity index (χ4v) is 12.2. The molecule has 0 bridgehead atoms. The zero-order chi connectivity index (χ0) is 74.2. The Bertz CT molecular complexity index is 4950. The number of benzene rings is 6. The van der Waals surface area contributed by atoms with Gasteiger partial charge >= 0.3 is 0 Å². The molecule has 0 unspecified atom stereocenters. The van der Waals surface area contributed by atoms with E-state index in [1.54, 1.807) is 17.4 Å². The summed E-state index contributed by atoms with van der Waals surface area (Å²) in [4.78, 5) is 27.1. The molecule has 101 heavy (non-hydrogen) atoms. The fraction of sp³-hybridized carbons (Fsp3) is 0.326. The quantitative estimate of drug-likeness (QED) is 0.141. The third kappa shape index (κ3) is 21.9. The van der Waals surface area contributed by atoms with Crippen molar-refractivity contribution in [1.29, 1.82) is 0 Å². The van der Waals surface area contributed by atoms with Gasteiger partial charge in [0.05, 0.1) is 32.6 Å². The van der Waals surface area contributed by atoms with E-state index in [0.717, 1.165) is 93.2 Å². The van der Waals surface area contributed by atoms with Gasteiger partial charge < -0.3 is 4.40 Å². The first kappa shape index (κ1) is 78.5. The van der Waals surface area contributed by atoms with Crippen LogP contribution < -0.4 is 0 Å². The van der Waals surface area contributed by atoms with Crippen molar-refractivity contribution in [3.63, 3.8) is 0 Å². The number of thiophene rings is 1. The second-order valence-corrected chi connectivity index (χ2v) is 35.2. The van der Waals surface area contributed by atoms with Gasteiger partial charge in [0.15, 0.2) is 0 Å². The van der Waals surface area contributed by atoms with Crippen LogP contribution in [-0.2, 0) is 37.9 Å². The number of hydrogen-bond donors (Lipinski definition) is 0. The first-order chi connectivity index (χ1) is 47.0. The summed E-state index contributed by atoms with van der Waals surface area (Å²) in [5, 5.41) is 11.0. The number of fused-ring (bicyclic) bond motifs is 7. The summed E-state index contributed by atoms with van der Waals surface area (Å²) in [7, 11) is 0. The normalized spacial score (nSPS) is 12.1. The van der Waals surface area contributed by atoms with E-state index in [2.05, 4.69) is 301 Å². The number of halogens is 4. The molecule has 14 rings (SSSR count). The van der Waals surface area contributed by atoms with E-state index in [-0.39, 0.29) is 43.7 Å². The maximum Gasteiger partial charge on any atom is 0.136 e. The molecule has 0 atom stereocenters. The van der Waals surface area contributed by atoms with Gasteiger partial charge in [-0.1, -0.05) is 259 Å². The number of aromatic nitrogens is 7. The molecule has 12 heteroatoms. The molecule has 526 valence electrons. The Morgan fingerprint density at radius 1 is 0.376 bits per heavy atom. The van der Waals surface area contributed by atoms with Gasteiger partial charge in [-0.15, -0.1) is 11.3 Å². The maximum atomic E-state index is 12.9. The number of imidazole rings is 1. The number of hydrogen-bond acceptors (Lipinski definition) is 7. The molecule has 0 fully saturated rings. The lowest BCUT2D eigenvalue weighted by atomic mass is 9.87. The molecule has 0 amide bonds. The highest BCUT2D eigenvalue weighted by atomic mass is 35.5. The van der Waals surface area contributed by atoms with Gasteiger partial charge in [-0.2, -0.15) is 0 Å². The molecule has 0 saturated carbocycles. The predicted octanol–water partition coefficient (Wildman–Crippen LogP) is 26.9. The highest BCUT2D eigenvalue weighted by molar-refractivity contribution is 7.17. The molecule has 0 aliphatic carbocycles. The van der Waals surface area contributed by atoms with Crippen LogP contribution in [0.3, 0.4) is 0 Å². The number of rotatable bonds is 0. The topological polar surface area (TPSA) is 81.8 Å². The van der Waals surface area contributed by atoms with Gasteiger partial charge in [0.2, 0.25) is 0 Å². The summed E-state index contributed by atoms with van der Waals surface area (Å²) >= 11 is 20.1. The van der Waals surface area contributed by atoms with Crippen molar-refractivity contribution in [3.8, 4) is 0 Å². The van der Waals surface area contributed by atoms with Gasteiger partial charge in [0.1, 0.15) is 16.6 Å². The molecule has 0 radical (unpaired) electrons. The molecule has 14 aromatic rings. The number of para-hydroxylation sites is 2. The lowest BCUT2D eigenvalue weighted by Crippen LogP contribution is -2.13. The van der Waals surface area contributed by atoms with Crippen LogP contribution in [0, 0.1) is 12.7 Å². The average Bonchev–Trinajstić information content (AvgIpc) is 1.65. The second kappa shape index (κ2) is 32.0. The molecule has 0 saturated heterocycles. The van der Waals surface area contributed by atoms with E-state index in [0.29, 0.717) is 5.15 Å². The van der Waals surface area contributed by atoms with Crippen molar-refractivity contribution in [2.45, 2.75) is 190 Å². The predicted molar refractivity (Wildman–Crippen MR) is 436 cm³/mol. The summed E-state index contributed by atoms with van der Waals surface area (Å²) in [6, 6.07) is 62.5. The van der Waals surface area contributed by atoms with E-state index >= 15 is 0 Å². The largest absolute Gasteiger partial charge is 0.307 e. The van der Waals surface area contributed by atoms with Crippen molar-refractivity contribution < 1.29 is 4.39 Å². The van der Waals surface area contributed by atoms with Crippen LogP contribution in [0.15, 0.2) is 212 Å². The van der Waals surface area contributed by atoms with Gasteiger partial charge in [-0.25, -0.2) is 14.4 Å². The molecule has 8 heterocycles. The molecule has 8 aromatic heterocycles. The van der Waals surface area contributed by atoms with Crippen LogP contribution in [0.1, 0.15) is 190 Å². The van der Waals surface area contributed by atoms with Crippen molar-refractivity contribution in [2.24, 2.45) is 0 Å². The molecule has 0 spiro atoms. The van der Waals surface area contributed by atoms with E-state index < -0.39 is 0 Å². The van der Waals surface area contributed by atoms with Crippen LogP contribution in [0.4, 0.5) is 4.39 Å². The van der Waals surface area contributed by atoms with Gasteiger partial charge in [0.25, 0.3) is 0 Å². The van der Waals surface area contributed by atoms with Gasteiger partial charge in [-0.05, 0) is 166 Å². The van der Waals surface area contributed by atoms with Crippen LogP contribution in [0.2, 0.25) is 15.2 Å². The van der Waals surface area contributed by atoms with Crippen molar-refractivity contribution >= 4 is 116 Å². The van der Waals surface area contributed by atoms with E-state index in [9.17, 15) is 4.39 Å². The van der Waals surface area contributed by atoms with Crippen molar-refractivity contribution in [2.75, 3.05) is 0 Å². The summed E-state index contributed by atoms with van der Waals surface area (Å²) in [6.07, 6.45) is 5.94. The smallest absolute Gasteiger partial charge is 0.136 e. The molecular weight excluding hydrogens is 1320 g/mol. The zero-order valence-electron chi connectivity index (χ0n) is 63.3. The first-order valence-electron chi connectivity index (χ1n) is 34.6. The van der Waals surface area contributed by atoms with Gasteiger partial charge in [0, 0.05) is 99.7 Å². The zero-order valence-corrected chi connectivity index (χ0v) is 66.3. The highest BCUT2D eigenvalue weighted by Crippen LogP contribution is 2.34. The van der Waals surface area contributed by atoms with E-state index in [1.165, 1.54) is 44.3 Å². The Morgan fingerprint density at radius 3 is 1.47 bits per heavy atom. The summed E-state index contributed by atoms with van der Waals surface area (Å²) in [5.41, 5.74) is 16.1. The average molecular weight is 1430 g/mol. The van der Waals surface area contributed by atoms with Crippen molar-refractivity contribution in [1.82, 2.24) is 34.3 Å². The van der Waals surface area contributed by atoms with Crippen LogP contribution in [-0.4, -0.2) is 34.3 Å². The molecule has 7 nitrogen and oxygen atoms in total. The summed E-state index contributed by atoms with van der Waals surface area (Å²) in [6.45, 7) is 47.8. The third-order valence-electron chi connectivity index (χ3n) is 17.0. The van der Waals surface area contributed by atoms with Crippen LogP contribution in [0.25, 0.3) is 70.2 Å². The SMILES string of the molecule is CC(C)(C)c1ccc2cc(Cl)ccc2n1.CC(C)(C)c1ccc2cc(F)ccc2n1.CC(C)(C)c1ccc2cccc(Cl)c2n1.CC(C)(C)c1ccc2ccccc2n1.CC(C)(C)c1ccc2nccn2c1.CC(C)(C)c1ccc2sccc2c1.Cc1ccc2nc(Cl)c(C(C)(C)C)cc2c1. The van der Waals surface area contributed by atoms with E-state index in [1.807, 2.05) is 79.1 Å². The number of aryl methyl sites for hydroxylation is 1. The second-order valence-electron chi connectivity index (χ2n) is 33.0. The summed E-state index contributed by atoms with van der Waals surface area (Å²) in [5.74, 6) is -0.215. The van der Waals surface area contributed by atoms with E-state index in [4.69, 9.17) is 34.8 Å². The third-order valence-corrected chi connectivity index (χ3v) is 18.7. The number of pyridine rings is 6. The maximum absolute atomic E-state index is 12.9. The monoisotopic (exact) mass is 1420 g/mol. The summed E-state index contributed by atoms with van der Waals surface area (Å²) < 4.78 is 16.4. The molecule has 0 N–H and O–H groups in total. The molecule has 6 aromatic carbocycles. The molecular formula is C89H101Cl3FN7S. The Labute approximate surface area is 619 Å². The minimum atomic E-state index is -0.215.